The topological polar surface area (TPSA) is 23.8 Å². The number of rotatable bonds is 1. The fourth-order valence-electron chi connectivity index (χ4n) is 2.24. The fraction of sp³-hybridized carbons (Fsp3) is 0. The Kier molecular flexibility index (Phi) is 2.74. The average molecular weight is 247 g/mol. The summed E-state index contributed by atoms with van der Waals surface area (Å²) in [5.41, 5.74) is 1.58. The molecule has 3 aromatic carbocycles. The number of fused-ring (bicyclic) bond motifs is 1. The predicted molar refractivity (Wildman–Crippen MR) is 74.1 cm³/mol. The Bertz CT molecular complexity index is 800. The van der Waals surface area contributed by atoms with E-state index in [0.29, 0.717) is 5.56 Å². The van der Waals surface area contributed by atoms with Crippen LogP contribution in [0.4, 0.5) is 4.39 Å². The van der Waals surface area contributed by atoms with Crippen LogP contribution < -0.4 is 0 Å². The summed E-state index contributed by atoms with van der Waals surface area (Å²) in [5, 5.41) is 11.3. The minimum absolute atomic E-state index is 0.0952. The average Bonchev–Trinajstić information content (AvgIpc) is 2.46. The summed E-state index contributed by atoms with van der Waals surface area (Å²) in [6, 6.07) is 20.5. The molecule has 0 spiro atoms. The van der Waals surface area contributed by atoms with E-state index < -0.39 is 5.82 Å². The first-order valence-corrected chi connectivity index (χ1v) is 5.97. The molecule has 0 bridgehead atoms. The van der Waals surface area contributed by atoms with Gasteiger partial charge in [-0.1, -0.05) is 48.5 Å². The van der Waals surface area contributed by atoms with E-state index in [1.54, 1.807) is 12.1 Å². The Morgan fingerprint density at radius 1 is 0.842 bits per heavy atom. The molecule has 0 aliphatic heterocycles. The zero-order valence-electron chi connectivity index (χ0n) is 10.1. The molecule has 2 heteroatoms. The molecule has 90 valence electrons. The molecule has 1 nitrogen and oxygen atoms in total. The number of hydrogen-bond donors (Lipinski definition) is 0. The highest BCUT2D eigenvalue weighted by atomic mass is 19.1. The number of hydrogen-bond acceptors (Lipinski definition) is 1. The van der Waals surface area contributed by atoms with Gasteiger partial charge in [-0.2, -0.15) is 5.26 Å². The van der Waals surface area contributed by atoms with Gasteiger partial charge in [0, 0.05) is 5.56 Å². The lowest BCUT2D eigenvalue weighted by molar-refractivity contribution is 0.624. The van der Waals surface area contributed by atoms with Crippen molar-refractivity contribution in [2.24, 2.45) is 0 Å². The molecule has 0 aliphatic carbocycles. The maximum atomic E-state index is 13.6. The Balaban J connectivity index is 2.25. The molecule has 3 aromatic rings. The Morgan fingerprint density at radius 2 is 1.63 bits per heavy atom. The molecule has 0 unspecified atom stereocenters. The first kappa shape index (κ1) is 11.4. The maximum Gasteiger partial charge on any atom is 0.141 e. The van der Waals surface area contributed by atoms with Crippen molar-refractivity contribution in [3.8, 4) is 17.2 Å². The van der Waals surface area contributed by atoms with Gasteiger partial charge in [0.2, 0.25) is 0 Å². The Morgan fingerprint density at radius 3 is 2.42 bits per heavy atom. The van der Waals surface area contributed by atoms with Gasteiger partial charge in [0.05, 0.1) is 5.56 Å². The van der Waals surface area contributed by atoms with Crippen molar-refractivity contribution in [2.45, 2.75) is 0 Å². The molecule has 0 N–H and O–H groups in total. The van der Waals surface area contributed by atoms with Crippen LogP contribution in [0.25, 0.3) is 21.9 Å². The van der Waals surface area contributed by atoms with Crippen molar-refractivity contribution in [1.82, 2.24) is 0 Å². The summed E-state index contributed by atoms with van der Waals surface area (Å²) in [6.07, 6.45) is 0. The summed E-state index contributed by atoms with van der Waals surface area (Å²) in [4.78, 5) is 0. The lowest BCUT2D eigenvalue weighted by Crippen LogP contribution is -1.89. The highest BCUT2D eigenvalue weighted by molar-refractivity contribution is 5.88. The minimum Gasteiger partial charge on any atom is -0.206 e. The predicted octanol–water partition coefficient (Wildman–Crippen LogP) is 4.52. The van der Waals surface area contributed by atoms with E-state index in [9.17, 15) is 4.39 Å². The molecule has 0 heterocycles. The van der Waals surface area contributed by atoms with Crippen LogP contribution in [0.1, 0.15) is 5.56 Å². The summed E-state index contributed by atoms with van der Waals surface area (Å²) in [7, 11) is 0. The van der Waals surface area contributed by atoms with Gasteiger partial charge in [-0.25, -0.2) is 4.39 Å². The van der Waals surface area contributed by atoms with Crippen molar-refractivity contribution in [3.63, 3.8) is 0 Å². The third-order valence-corrected chi connectivity index (χ3v) is 3.19. The van der Waals surface area contributed by atoms with E-state index >= 15 is 0 Å². The van der Waals surface area contributed by atoms with Crippen molar-refractivity contribution >= 4 is 10.8 Å². The van der Waals surface area contributed by atoms with E-state index in [4.69, 9.17) is 5.26 Å². The van der Waals surface area contributed by atoms with E-state index in [0.717, 1.165) is 16.3 Å². The van der Waals surface area contributed by atoms with Crippen LogP contribution in [0.2, 0.25) is 0 Å². The second-order valence-electron chi connectivity index (χ2n) is 4.34. The van der Waals surface area contributed by atoms with Crippen LogP contribution in [-0.2, 0) is 0 Å². The summed E-state index contributed by atoms with van der Waals surface area (Å²) in [6.45, 7) is 0. The first-order valence-electron chi connectivity index (χ1n) is 5.97. The van der Waals surface area contributed by atoms with E-state index in [1.807, 2.05) is 48.5 Å². The molecule has 0 saturated heterocycles. The molecule has 19 heavy (non-hydrogen) atoms. The molecule has 3 rings (SSSR count). The third kappa shape index (κ3) is 1.96. The standard InChI is InChI=1S/C17H10FN/c18-17-7-3-6-15(16(17)11-19)14-9-8-12-4-1-2-5-13(12)10-14/h1-10H. The lowest BCUT2D eigenvalue weighted by atomic mass is 9.97. The normalized spacial score (nSPS) is 10.3. The quantitative estimate of drug-likeness (QED) is 0.620. The van der Waals surface area contributed by atoms with Crippen molar-refractivity contribution in [2.75, 3.05) is 0 Å². The molecule has 0 fully saturated rings. The molecular formula is C17H10FN. The van der Waals surface area contributed by atoms with Crippen LogP contribution in [0.5, 0.6) is 0 Å². The zero-order chi connectivity index (χ0) is 13.2. The summed E-state index contributed by atoms with van der Waals surface area (Å²) in [5.74, 6) is -0.479. The van der Waals surface area contributed by atoms with E-state index in [2.05, 4.69) is 0 Å². The molecular weight excluding hydrogens is 237 g/mol. The van der Waals surface area contributed by atoms with Gasteiger partial charge in [0.15, 0.2) is 0 Å². The highest BCUT2D eigenvalue weighted by Gasteiger charge is 2.09. The second kappa shape index (κ2) is 4.55. The van der Waals surface area contributed by atoms with Crippen molar-refractivity contribution in [1.29, 1.82) is 5.26 Å². The lowest BCUT2D eigenvalue weighted by Gasteiger charge is -2.06. The van der Waals surface area contributed by atoms with Gasteiger partial charge in [-0.15, -0.1) is 0 Å². The molecule has 0 aliphatic rings. The van der Waals surface area contributed by atoms with Crippen LogP contribution in [0, 0.1) is 17.1 Å². The zero-order valence-corrected chi connectivity index (χ0v) is 10.1. The van der Waals surface area contributed by atoms with E-state index in [1.165, 1.54) is 6.07 Å². The largest absolute Gasteiger partial charge is 0.206 e. The van der Waals surface area contributed by atoms with Gasteiger partial charge in [-0.05, 0) is 28.5 Å². The second-order valence-corrected chi connectivity index (χ2v) is 4.34. The number of benzene rings is 3. The smallest absolute Gasteiger partial charge is 0.141 e. The number of nitriles is 1. The van der Waals surface area contributed by atoms with Gasteiger partial charge in [0.25, 0.3) is 0 Å². The molecule has 0 aromatic heterocycles. The van der Waals surface area contributed by atoms with Gasteiger partial charge in [0.1, 0.15) is 11.9 Å². The maximum absolute atomic E-state index is 13.6. The Labute approximate surface area is 110 Å². The van der Waals surface area contributed by atoms with Crippen LogP contribution in [0.15, 0.2) is 60.7 Å². The van der Waals surface area contributed by atoms with Gasteiger partial charge < -0.3 is 0 Å². The van der Waals surface area contributed by atoms with Crippen LogP contribution >= 0.6 is 0 Å². The summed E-state index contributed by atoms with van der Waals surface area (Å²) >= 11 is 0. The summed E-state index contributed by atoms with van der Waals surface area (Å²) < 4.78 is 13.6. The molecule has 0 atom stereocenters. The monoisotopic (exact) mass is 247 g/mol. The van der Waals surface area contributed by atoms with E-state index in [-0.39, 0.29) is 5.56 Å². The molecule has 0 radical (unpaired) electrons. The Hall–Kier alpha value is -2.66. The molecule has 0 amide bonds. The van der Waals surface area contributed by atoms with Crippen molar-refractivity contribution in [3.05, 3.63) is 72.0 Å². The first-order chi connectivity index (χ1) is 9.29. The highest BCUT2D eigenvalue weighted by Crippen LogP contribution is 2.28. The van der Waals surface area contributed by atoms with Crippen LogP contribution in [0.3, 0.4) is 0 Å². The third-order valence-electron chi connectivity index (χ3n) is 3.19. The van der Waals surface area contributed by atoms with Gasteiger partial charge >= 0.3 is 0 Å². The SMILES string of the molecule is N#Cc1c(F)cccc1-c1ccc2ccccc2c1. The fourth-order valence-corrected chi connectivity index (χ4v) is 2.24. The van der Waals surface area contributed by atoms with Crippen molar-refractivity contribution < 1.29 is 4.39 Å². The minimum atomic E-state index is -0.479. The number of nitrogens with zero attached hydrogens (tertiary/aromatic N) is 1. The molecule has 0 saturated carbocycles. The number of halogens is 1. The van der Waals surface area contributed by atoms with Crippen LogP contribution in [-0.4, -0.2) is 0 Å². The van der Waals surface area contributed by atoms with Gasteiger partial charge in [-0.3, -0.25) is 0 Å².